The van der Waals surface area contributed by atoms with Gasteiger partial charge in [0.05, 0.1) is 11.8 Å². The quantitative estimate of drug-likeness (QED) is 0.0845. The fraction of sp³-hybridized carbons (Fsp3) is 0.0952. The molecule has 254 valence electrons. The van der Waals surface area contributed by atoms with Crippen molar-refractivity contribution in [3.63, 3.8) is 0 Å². The number of fused-ring (bicyclic) bond motifs is 1. The third-order valence-electron chi connectivity index (χ3n) is 8.33. The van der Waals surface area contributed by atoms with Crippen molar-refractivity contribution >= 4 is 63.2 Å². The van der Waals surface area contributed by atoms with Gasteiger partial charge in [-0.3, -0.25) is 19.3 Å². The molecule has 4 aromatic carbocycles. The van der Waals surface area contributed by atoms with Gasteiger partial charge >= 0.3 is 0 Å². The Morgan fingerprint density at radius 1 is 0.922 bits per heavy atom. The Kier molecular flexibility index (Phi) is 11.3. The van der Waals surface area contributed by atoms with E-state index in [-0.39, 0.29) is 28.4 Å². The number of amides is 3. The van der Waals surface area contributed by atoms with Crippen molar-refractivity contribution in [2.24, 2.45) is 4.99 Å². The van der Waals surface area contributed by atoms with Crippen LogP contribution in [0.3, 0.4) is 0 Å². The molecule has 0 unspecified atom stereocenters. The number of nitrogens with one attached hydrogen (secondary N) is 1. The van der Waals surface area contributed by atoms with E-state index in [0.29, 0.717) is 22.8 Å². The molecule has 1 N–H and O–H groups in total. The molecular formula is C42H35ClN4O3S. The lowest BCUT2D eigenvalue weighted by molar-refractivity contribution is -0.126. The summed E-state index contributed by atoms with van der Waals surface area (Å²) in [5.74, 6) is -1.59. The number of thioether (sulfide) groups is 1. The Balaban J connectivity index is 1.31. The van der Waals surface area contributed by atoms with E-state index in [2.05, 4.69) is 16.9 Å². The second-order valence-corrected chi connectivity index (χ2v) is 13.0. The van der Waals surface area contributed by atoms with Gasteiger partial charge in [-0.15, -0.1) is 0 Å². The number of hydrogen-bond donors (Lipinski definition) is 1. The molecule has 5 aromatic rings. The van der Waals surface area contributed by atoms with Crippen LogP contribution in [-0.2, 0) is 20.9 Å². The summed E-state index contributed by atoms with van der Waals surface area (Å²) < 4.78 is 2.05. The summed E-state index contributed by atoms with van der Waals surface area (Å²) in [5, 5.41) is 4.75. The average Bonchev–Trinajstić information content (AvgIpc) is 3.50. The minimum absolute atomic E-state index is 0.0805. The Morgan fingerprint density at radius 3 is 2.24 bits per heavy atom. The van der Waals surface area contributed by atoms with Crippen LogP contribution in [0.1, 0.15) is 35.2 Å². The molecule has 0 aliphatic carbocycles. The van der Waals surface area contributed by atoms with Gasteiger partial charge in [-0.25, -0.2) is 0 Å². The summed E-state index contributed by atoms with van der Waals surface area (Å²) in [6, 6.07) is 34.4. The second kappa shape index (κ2) is 16.3. The van der Waals surface area contributed by atoms with Gasteiger partial charge in [0.15, 0.2) is 5.17 Å². The number of para-hydroxylation sites is 1. The van der Waals surface area contributed by atoms with Crippen LogP contribution in [-0.4, -0.2) is 38.1 Å². The lowest BCUT2D eigenvalue weighted by Crippen LogP contribution is -2.42. The number of nitrogens with zero attached hydrogens (tertiary/aromatic N) is 3. The Labute approximate surface area is 306 Å². The van der Waals surface area contributed by atoms with Gasteiger partial charge in [-0.2, -0.15) is 4.99 Å². The summed E-state index contributed by atoms with van der Waals surface area (Å²) in [4.78, 5) is 47.2. The molecule has 0 radical (unpaired) electrons. The van der Waals surface area contributed by atoms with E-state index >= 15 is 0 Å². The number of halogens is 1. The van der Waals surface area contributed by atoms with Gasteiger partial charge < -0.3 is 9.88 Å². The van der Waals surface area contributed by atoms with Crippen molar-refractivity contribution < 1.29 is 14.4 Å². The topological polar surface area (TPSA) is 83.8 Å². The molecule has 6 rings (SSSR count). The highest BCUT2D eigenvalue weighted by atomic mass is 35.5. The summed E-state index contributed by atoms with van der Waals surface area (Å²) in [6.07, 6.45) is 10.3. The van der Waals surface area contributed by atoms with Crippen molar-refractivity contribution in [2.45, 2.75) is 19.5 Å². The van der Waals surface area contributed by atoms with Gasteiger partial charge in [0.1, 0.15) is 5.57 Å². The highest BCUT2D eigenvalue weighted by molar-refractivity contribution is 8.14. The summed E-state index contributed by atoms with van der Waals surface area (Å²) in [6.45, 7) is 6.05. The number of benzene rings is 4. The van der Waals surface area contributed by atoms with Crippen molar-refractivity contribution in [3.05, 3.63) is 185 Å². The molecule has 0 atom stereocenters. The lowest BCUT2D eigenvalue weighted by atomic mass is 9.99. The third-order valence-corrected chi connectivity index (χ3v) is 9.64. The molecule has 1 aromatic heterocycles. The maximum absolute atomic E-state index is 14.3. The molecule has 1 aliphatic rings. The van der Waals surface area contributed by atoms with Crippen LogP contribution in [0, 0.1) is 0 Å². The monoisotopic (exact) mass is 710 g/mol. The lowest BCUT2D eigenvalue weighted by Gasteiger charge is -2.28. The van der Waals surface area contributed by atoms with Gasteiger partial charge in [-0.05, 0) is 47.9 Å². The predicted octanol–water partition coefficient (Wildman–Crippen LogP) is 8.74. The van der Waals surface area contributed by atoms with Crippen LogP contribution >= 0.6 is 23.4 Å². The van der Waals surface area contributed by atoms with E-state index in [1.165, 1.54) is 4.90 Å². The molecule has 1 aliphatic heterocycles. The molecule has 7 nitrogen and oxygen atoms in total. The Bertz CT molecular complexity index is 2180. The number of amidine groups is 1. The van der Waals surface area contributed by atoms with E-state index in [9.17, 15) is 14.4 Å². The molecule has 2 heterocycles. The molecule has 0 fully saturated rings. The number of aliphatic imine (C=N–C) groups is 1. The fourth-order valence-corrected chi connectivity index (χ4v) is 6.88. The maximum Gasteiger partial charge on any atom is 0.285 e. The van der Waals surface area contributed by atoms with Crippen molar-refractivity contribution in [1.82, 2.24) is 14.8 Å². The zero-order chi connectivity index (χ0) is 35.7. The molecule has 0 bridgehead atoms. The molecule has 0 saturated heterocycles. The summed E-state index contributed by atoms with van der Waals surface area (Å²) >= 11 is 7.51. The number of aromatic nitrogens is 1. The first-order valence-electron chi connectivity index (χ1n) is 16.4. The maximum atomic E-state index is 14.3. The van der Waals surface area contributed by atoms with Gasteiger partial charge in [0.25, 0.3) is 11.8 Å². The van der Waals surface area contributed by atoms with E-state index in [1.807, 2.05) is 120 Å². The van der Waals surface area contributed by atoms with Crippen LogP contribution in [0.2, 0.25) is 5.02 Å². The van der Waals surface area contributed by atoms with Crippen LogP contribution in [0.5, 0.6) is 0 Å². The highest BCUT2D eigenvalue weighted by Gasteiger charge is 2.35. The normalized spacial score (nSPS) is 14.5. The van der Waals surface area contributed by atoms with Gasteiger partial charge in [-0.1, -0.05) is 145 Å². The number of allylic oxidation sites excluding steroid dienone is 4. The Morgan fingerprint density at radius 2 is 1.57 bits per heavy atom. The molecule has 3 amide bonds. The number of carbonyl (C=O) groups excluding carboxylic acids is 3. The van der Waals surface area contributed by atoms with Crippen LogP contribution < -0.4 is 5.32 Å². The molecular weight excluding hydrogens is 676 g/mol. The molecule has 0 spiro atoms. The predicted molar refractivity (Wildman–Crippen MR) is 208 cm³/mol. The first kappa shape index (κ1) is 35.1. The minimum Gasteiger partial charge on any atom is -0.344 e. The average molecular weight is 711 g/mol. The minimum atomic E-state index is -0.684. The SMILES string of the molecule is C=C/C=C\C(=C/C)N1C(=O)/C(=C/c2cn(Cc3ccccc3Cl)c3ccccc23)C(=O)N=C1SCC(=O)NC(c1ccccc1)c1ccccc1. The van der Waals surface area contributed by atoms with E-state index in [0.717, 1.165) is 39.4 Å². The largest absolute Gasteiger partial charge is 0.344 e. The summed E-state index contributed by atoms with van der Waals surface area (Å²) in [5.41, 5.74) is 4.81. The van der Waals surface area contributed by atoms with Crippen LogP contribution in [0.25, 0.3) is 17.0 Å². The highest BCUT2D eigenvalue weighted by Crippen LogP contribution is 2.30. The fourth-order valence-electron chi connectivity index (χ4n) is 5.88. The van der Waals surface area contributed by atoms with Gasteiger partial charge in [0.2, 0.25) is 5.91 Å². The van der Waals surface area contributed by atoms with Crippen molar-refractivity contribution in [3.8, 4) is 0 Å². The summed E-state index contributed by atoms with van der Waals surface area (Å²) in [7, 11) is 0. The zero-order valence-electron chi connectivity index (χ0n) is 27.9. The molecule has 9 heteroatoms. The van der Waals surface area contributed by atoms with E-state index in [1.54, 1.807) is 37.3 Å². The first-order valence-corrected chi connectivity index (χ1v) is 17.7. The van der Waals surface area contributed by atoms with E-state index < -0.39 is 11.8 Å². The zero-order valence-corrected chi connectivity index (χ0v) is 29.5. The molecule has 0 saturated carbocycles. The standard InChI is InChI=1S/C42H35ClN4O3S/c1-3-5-21-33(4-2)47-41(50)35(25-32-27-46(37-24-15-13-22-34(32)37)26-31-20-12-14-23-36(31)43)40(49)45-42(47)51-28-38(48)44-39(29-16-8-6-9-17-29)30-18-10-7-11-19-30/h3-25,27,39H,1,26,28H2,2H3,(H,44,48)/b21-5-,33-4+,35-25+. The van der Waals surface area contributed by atoms with Crippen LogP contribution in [0.4, 0.5) is 0 Å². The Hall–Kier alpha value is -5.70. The van der Waals surface area contributed by atoms with E-state index in [4.69, 9.17) is 11.6 Å². The number of hydrogen-bond acceptors (Lipinski definition) is 4. The number of carbonyl (C=O) groups is 3. The second-order valence-electron chi connectivity index (χ2n) is 11.6. The van der Waals surface area contributed by atoms with Crippen molar-refractivity contribution in [1.29, 1.82) is 0 Å². The van der Waals surface area contributed by atoms with Crippen LogP contribution in [0.15, 0.2) is 163 Å². The van der Waals surface area contributed by atoms with Crippen molar-refractivity contribution in [2.75, 3.05) is 5.75 Å². The smallest absolute Gasteiger partial charge is 0.285 e. The molecule has 51 heavy (non-hydrogen) atoms. The number of rotatable bonds is 11. The van der Waals surface area contributed by atoms with Gasteiger partial charge in [0, 0.05) is 39.9 Å². The first-order chi connectivity index (χ1) is 24.9. The third kappa shape index (κ3) is 8.04.